The quantitative estimate of drug-likeness (QED) is 0.689. The van der Waals surface area contributed by atoms with E-state index < -0.39 is 0 Å². The third-order valence-electron chi connectivity index (χ3n) is 4.29. The molecule has 128 valence electrons. The van der Waals surface area contributed by atoms with Gasteiger partial charge in [-0.25, -0.2) is 0 Å². The Morgan fingerprint density at radius 2 is 1.52 bits per heavy atom. The minimum atomic E-state index is 0.0332. The summed E-state index contributed by atoms with van der Waals surface area (Å²) in [6.45, 7) is 2.00. The molecule has 2 aromatic carbocycles. The van der Waals surface area contributed by atoms with E-state index in [2.05, 4.69) is 29.6 Å². The van der Waals surface area contributed by atoms with E-state index in [-0.39, 0.29) is 17.9 Å². The topological polar surface area (TPSA) is 42.2 Å². The fraction of sp³-hybridized carbons (Fsp3) is 0.227. The Bertz CT molecular complexity index is 727. The summed E-state index contributed by atoms with van der Waals surface area (Å²) in [6, 6.07) is 24.2. The fourth-order valence-electron chi connectivity index (χ4n) is 3.10. The van der Waals surface area contributed by atoms with Crippen LogP contribution in [0.5, 0.6) is 0 Å². The van der Waals surface area contributed by atoms with Gasteiger partial charge < -0.3 is 9.73 Å². The summed E-state index contributed by atoms with van der Waals surface area (Å²) in [5.74, 6) is 0.991. The number of hydrogen-bond donors (Lipinski definition) is 1. The molecular weight excluding hydrogens is 310 g/mol. The Hall–Kier alpha value is -2.81. The molecule has 0 spiro atoms. The average molecular weight is 333 g/mol. The van der Waals surface area contributed by atoms with Gasteiger partial charge in [0.25, 0.3) is 0 Å². The second kappa shape index (κ2) is 8.34. The molecule has 25 heavy (non-hydrogen) atoms. The van der Waals surface area contributed by atoms with Crippen molar-refractivity contribution in [1.82, 2.24) is 5.32 Å². The standard InChI is InChI=1S/C22H23NO2/c1-17(15-20-13-8-14-25-20)23-22(24)16-21(18-9-4-2-5-10-18)19-11-6-3-7-12-19/h2-14,17,21H,15-16H2,1H3,(H,23,24). The number of nitrogens with one attached hydrogen (secondary N) is 1. The van der Waals surface area contributed by atoms with Crippen LogP contribution in [0.1, 0.15) is 36.1 Å². The zero-order chi connectivity index (χ0) is 17.5. The maximum absolute atomic E-state index is 12.6. The van der Waals surface area contributed by atoms with Gasteiger partial charge >= 0.3 is 0 Å². The van der Waals surface area contributed by atoms with Gasteiger partial charge in [0.05, 0.1) is 6.26 Å². The Labute approximate surface area is 148 Å². The van der Waals surface area contributed by atoms with E-state index in [1.807, 2.05) is 55.5 Å². The minimum absolute atomic E-state index is 0.0332. The predicted molar refractivity (Wildman–Crippen MR) is 99.4 cm³/mol. The summed E-state index contributed by atoms with van der Waals surface area (Å²) >= 11 is 0. The van der Waals surface area contributed by atoms with Gasteiger partial charge in [-0.3, -0.25) is 4.79 Å². The molecule has 0 saturated heterocycles. The van der Waals surface area contributed by atoms with Gasteiger partial charge in [0, 0.05) is 24.8 Å². The van der Waals surface area contributed by atoms with Crippen molar-refractivity contribution in [1.29, 1.82) is 0 Å². The Kier molecular flexibility index (Phi) is 5.68. The number of furan rings is 1. The monoisotopic (exact) mass is 333 g/mol. The first-order valence-electron chi connectivity index (χ1n) is 8.64. The molecule has 0 aliphatic rings. The second-order valence-corrected chi connectivity index (χ2v) is 6.33. The summed E-state index contributed by atoms with van der Waals surface area (Å²) in [5.41, 5.74) is 2.31. The third kappa shape index (κ3) is 4.83. The highest BCUT2D eigenvalue weighted by molar-refractivity contribution is 5.77. The molecule has 0 radical (unpaired) electrons. The van der Waals surface area contributed by atoms with Crippen molar-refractivity contribution in [3.63, 3.8) is 0 Å². The van der Waals surface area contributed by atoms with E-state index in [1.54, 1.807) is 6.26 Å². The molecule has 1 heterocycles. The van der Waals surface area contributed by atoms with Crippen LogP contribution in [0.2, 0.25) is 0 Å². The van der Waals surface area contributed by atoms with E-state index in [1.165, 1.54) is 0 Å². The Balaban J connectivity index is 1.68. The third-order valence-corrected chi connectivity index (χ3v) is 4.29. The van der Waals surface area contributed by atoms with Crippen LogP contribution in [-0.4, -0.2) is 11.9 Å². The van der Waals surface area contributed by atoms with E-state index in [9.17, 15) is 4.79 Å². The first-order valence-corrected chi connectivity index (χ1v) is 8.64. The largest absolute Gasteiger partial charge is 0.469 e. The van der Waals surface area contributed by atoms with Crippen LogP contribution in [0.3, 0.4) is 0 Å². The van der Waals surface area contributed by atoms with E-state index in [0.717, 1.165) is 16.9 Å². The van der Waals surface area contributed by atoms with Gasteiger partial charge in [-0.15, -0.1) is 0 Å². The fourth-order valence-corrected chi connectivity index (χ4v) is 3.10. The number of amides is 1. The number of benzene rings is 2. The van der Waals surface area contributed by atoms with Gasteiger partial charge in [-0.2, -0.15) is 0 Å². The smallest absolute Gasteiger partial charge is 0.221 e. The van der Waals surface area contributed by atoms with E-state index in [0.29, 0.717) is 12.8 Å². The first kappa shape index (κ1) is 17.0. The number of carbonyl (C=O) groups is 1. The van der Waals surface area contributed by atoms with E-state index in [4.69, 9.17) is 4.42 Å². The summed E-state index contributed by atoms with van der Waals surface area (Å²) in [4.78, 5) is 12.6. The van der Waals surface area contributed by atoms with Crippen LogP contribution in [-0.2, 0) is 11.2 Å². The van der Waals surface area contributed by atoms with Gasteiger partial charge in [0.2, 0.25) is 5.91 Å². The molecule has 3 rings (SSSR count). The van der Waals surface area contributed by atoms with Crippen molar-refractivity contribution in [2.45, 2.75) is 31.7 Å². The van der Waals surface area contributed by atoms with Gasteiger partial charge in [-0.05, 0) is 30.2 Å². The molecule has 1 atom stereocenters. The lowest BCUT2D eigenvalue weighted by atomic mass is 9.88. The molecule has 1 amide bonds. The normalized spacial score (nSPS) is 12.1. The number of carbonyl (C=O) groups excluding carboxylic acids is 1. The van der Waals surface area contributed by atoms with Gasteiger partial charge in [0.1, 0.15) is 5.76 Å². The summed E-state index contributed by atoms with van der Waals surface area (Å²) in [5, 5.41) is 3.09. The van der Waals surface area contributed by atoms with Crippen molar-refractivity contribution in [2.75, 3.05) is 0 Å². The average Bonchev–Trinajstić information content (AvgIpc) is 3.14. The molecular formula is C22H23NO2. The zero-order valence-electron chi connectivity index (χ0n) is 14.4. The van der Waals surface area contributed by atoms with Crippen LogP contribution in [0.15, 0.2) is 83.5 Å². The molecule has 1 unspecified atom stereocenters. The molecule has 0 fully saturated rings. The lowest BCUT2D eigenvalue weighted by molar-refractivity contribution is -0.121. The van der Waals surface area contributed by atoms with E-state index >= 15 is 0 Å². The van der Waals surface area contributed by atoms with Crippen molar-refractivity contribution in [3.8, 4) is 0 Å². The summed E-state index contributed by atoms with van der Waals surface area (Å²) < 4.78 is 5.35. The molecule has 1 aromatic heterocycles. The van der Waals surface area contributed by atoms with Crippen LogP contribution in [0.25, 0.3) is 0 Å². The molecule has 0 saturated carbocycles. The molecule has 3 aromatic rings. The first-order chi connectivity index (χ1) is 12.2. The van der Waals surface area contributed by atoms with Crippen molar-refractivity contribution in [3.05, 3.63) is 95.9 Å². The SMILES string of the molecule is CC(Cc1ccco1)NC(=O)CC(c1ccccc1)c1ccccc1. The van der Waals surface area contributed by atoms with Crippen molar-refractivity contribution < 1.29 is 9.21 Å². The minimum Gasteiger partial charge on any atom is -0.469 e. The molecule has 0 aliphatic carbocycles. The lowest BCUT2D eigenvalue weighted by Crippen LogP contribution is -2.34. The summed E-state index contributed by atoms with van der Waals surface area (Å²) in [6.07, 6.45) is 2.78. The molecule has 0 aliphatic heterocycles. The van der Waals surface area contributed by atoms with Gasteiger partial charge in [0.15, 0.2) is 0 Å². The highest BCUT2D eigenvalue weighted by Crippen LogP contribution is 2.27. The number of hydrogen-bond acceptors (Lipinski definition) is 2. The number of rotatable bonds is 7. The van der Waals surface area contributed by atoms with Crippen LogP contribution in [0, 0.1) is 0 Å². The Morgan fingerprint density at radius 3 is 2.04 bits per heavy atom. The van der Waals surface area contributed by atoms with Crippen molar-refractivity contribution in [2.24, 2.45) is 0 Å². The van der Waals surface area contributed by atoms with Crippen molar-refractivity contribution >= 4 is 5.91 Å². The zero-order valence-corrected chi connectivity index (χ0v) is 14.4. The highest BCUT2D eigenvalue weighted by atomic mass is 16.3. The Morgan fingerprint density at radius 1 is 0.920 bits per heavy atom. The van der Waals surface area contributed by atoms with Crippen LogP contribution in [0.4, 0.5) is 0 Å². The maximum atomic E-state index is 12.6. The predicted octanol–water partition coefficient (Wildman–Crippen LogP) is 4.55. The van der Waals surface area contributed by atoms with Gasteiger partial charge in [-0.1, -0.05) is 60.7 Å². The lowest BCUT2D eigenvalue weighted by Gasteiger charge is -2.19. The molecule has 3 nitrogen and oxygen atoms in total. The summed E-state index contributed by atoms with van der Waals surface area (Å²) in [7, 11) is 0. The second-order valence-electron chi connectivity index (χ2n) is 6.33. The van der Waals surface area contributed by atoms with Crippen LogP contribution >= 0.6 is 0 Å². The maximum Gasteiger partial charge on any atom is 0.221 e. The molecule has 3 heteroatoms. The molecule has 1 N–H and O–H groups in total. The highest BCUT2D eigenvalue weighted by Gasteiger charge is 2.19. The molecule has 0 bridgehead atoms. The van der Waals surface area contributed by atoms with Crippen LogP contribution < -0.4 is 5.32 Å².